The molecule has 0 heterocycles. The molecule has 0 spiro atoms. The Hall–Kier alpha value is -0.0800. The molecule has 1 fully saturated rings. The molecule has 0 aromatic heterocycles. The Labute approximate surface area is 108 Å². The lowest BCUT2D eigenvalue weighted by atomic mass is 9.79. The van der Waals surface area contributed by atoms with E-state index in [0.29, 0.717) is 6.04 Å². The van der Waals surface area contributed by atoms with E-state index in [1.165, 1.54) is 32.2 Å². The van der Waals surface area contributed by atoms with Gasteiger partial charge in [-0.1, -0.05) is 27.2 Å². The molecule has 0 amide bonds. The Kier molecular flexibility index (Phi) is 6.50. The summed E-state index contributed by atoms with van der Waals surface area (Å²) in [6.07, 6.45) is 5.48. The van der Waals surface area contributed by atoms with E-state index >= 15 is 0 Å². The van der Waals surface area contributed by atoms with Crippen molar-refractivity contribution in [2.75, 3.05) is 20.1 Å². The zero-order valence-corrected chi connectivity index (χ0v) is 12.5. The first-order valence-electron chi connectivity index (χ1n) is 7.49. The van der Waals surface area contributed by atoms with E-state index in [0.717, 1.165) is 24.4 Å². The second kappa shape index (κ2) is 7.38. The van der Waals surface area contributed by atoms with E-state index in [4.69, 9.17) is 0 Å². The molecule has 0 aromatic rings. The van der Waals surface area contributed by atoms with Gasteiger partial charge in [-0.3, -0.25) is 0 Å². The van der Waals surface area contributed by atoms with Crippen molar-refractivity contribution in [3.05, 3.63) is 0 Å². The van der Waals surface area contributed by atoms with E-state index in [2.05, 4.69) is 45.0 Å². The summed E-state index contributed by atoms with van der Waals surface area (Å²) >= 11 is 0. The Morgan fingerprint density at radius 2 is 1.82 bits per heavy atom. The zero-order valence-electron chi connectivity index (χ0n) is 12.5. The first kappa shape index (κ1) is 15.0. The fourth-order valence-electron chi connectivity index (χ4n) is 3.02. The largest absolute Gasteiger partial charge is 0.312 e. The van der Waals surface area contributed by atoms with Gasteiger partial charge < -0.3 is 10.2 Å². The summed E-state index contributed by atoms with van der Waals surface area (Å²) in [5, 5.41) is 3.79. The fraction of sp³-hybridized carbons (Fsp3) is 1.00. The summed E-state index contributed by atoms with van der Waals surface area (Å²) in [4.78, 5) is 2.46. The average molecular weight is 240 g/mol. The molecule has 17 heavy (non-hydrogen) atoms. The van der Waals surface area contributed by atoms with Crippen LogP contribution in [0.25, 0.3) is 0 Å². The third-order valence-corrected chi connectivity index (χ3v) is 4.73. The third kappa shape index (κ3) is 4.59. The molecule has 0 aromatic carbocycles. The lowest BCUT2D eigenvalue weighted by Crippen LogP contribution is -2.46. The smallest absolute Gasteiger partial charge is 0.0119 e. The molecule has 3 unspecified atom stereocenters. The molecule has 1 aliphatic rings. The van der Waals surface area contributed by atoms with Gasteiger partial charge in [0.25, 0.3) is 0 Å². The summed E-state index contributed by atoms with van der Waals surface area (Å²) in [5.74, 6) is 1.71. The van der Waals surface area contributed by atoms with Crippen molar-refractivity contribution in [2.24, 2.45) is 11.8 Å². The highest BCUT2D eigenvalue weighted by atomic mass is 15.1. The number of hydrogen-bond acceptors (Lipinski definition) is 2. The summed E-state index contributed by atoms with van der Waals surface area (Å²) in [6.45, 7) is 11.7. The minimum absolute atomic E-state index is 0.706. The summed E-state index contributed by atoms with van der Waals surface area (Å²) in [5.41, 5.74) is 0. The molecule has 1 aliphatic carbocycles. The van der Waals surface area contributed by atoms with Gasteiger partial charge in [0.15, 0.2) is 0 Å². The fourth-order valence-corrected chi connectivity index (χ4v) is 3.02. The minimum Gasteiger partial charge on any atom is -0.312 e. The molecule has 0 aliphatic heterocycles. The molecule has 1 saturated carbocycles. The van der Waals surface area contributed by atoms with Crippen molar-refractivity contribution in [1.29, 1.82) is 0 Å². The Balaban J connectivity index is 2.25. The maximum atomic E-state index is 3.79. The van der Waals surface area contributed by atoms with Crippen molar-refractivity contribution in [3.63, 3.8) is 0 Å². The predicted molar refractivity (Wildman–Crippen MR) is 76.4 cm³/mol. The van der Waals surface area contributed by atoms with Gasteiger partial charge in [-0.2, -0.15) is 0 Å². The molecule has 3 atom stereocenters. The van der Waals surface area contributed by atoms with E-state index in [-0.39, 0.29) is 0 Å². The highest BCUT2D eigenvalue weighted by Gasteiger charge is 2.26. The van der Waals surface area contributed by atoms with Gasteiger partial charge in [0.05, 0.1) is 0 Å². The summed E-state index contributed by atoms with van der Waals surface area (Å²) in [7, 11) is 2.24. The highest BCUT2D eigenvalue weighted by Crippen LogP contribution is 2.28. The van der Waals surface area contributed by atoms with E-state index < -0.39 is 0 Å². The maximum Gasteiger partial charge on any atom is 0.0119 e. The first-order valence-corrected chi connectivity index (χ1v) is 7.49. The van der Waals surface area contributed by atoms with Crippen LogP contribution in [0.1, 0.15) is 53.4 Å². The predicted octanol–water partition coefficient (Wildman–Crippen LogP) is 3.13. The molecule has 102 valence electrons. The number of rotatable bonds is 6. The Bertz CT molecular complexity index is 195. The lowest BCUT2D eigenvalue weighted by Gasteiger charge is -2.36. The second-order valence-corrected chi connectivity index (χ2v) is 6.10. The van der Waals surface area contributed by atoms with Crippen molar-refractivity contribution in [2.45, 2.75) is 65.5 Å². The standard InChI is InChI=1S/C15H32N2/c1-6-14(4)17(5)11-10-16-15-12(2)8-7-9-13(15)3/h12-16H,6-11H2,1-5H3. The quantitative estimate of drug-likeness (QED) is 0.767. The number of likely N-dealkylation sites (N-methyl/N-ethyl adjacent to an activating group) is 1. The van der Waals surface area contributed by atoms with Crippen LogP contribution in [-0.2, 0) is 0 Å². The molecular formula is C15H32N2. The van der Waals surface area contributed by atoms with E-state index in [1.807, 2.05) is 0 Å². The molecule has 1 N–H and O–H groups in total. The van der Waals surface area contributed by atoms with Crippen molar-refractivity contribution in [3.8, 4) is 0 Å². The zero-order chi connectivity index (χ0) is 12.8. The molecule has 2 heteroatoms. The lowest BCUT2D eigenvalue weighted by molar-refractivity contribution is 0.192. The molecule has 1 rings (SSSR count). The Morgan fingerprint density at radius 3 is 2.35 bits per heavy atom. The average Bonchev–Trinajstić information content (AvgIpc) is 2.31. The third-order valence-electron chi connectivity index (χ3n) is 4.73. The van der Waals surface area contributed by atoms with Crippen LogP contribution in [0.4, 0.5) is 0 Å². The van der Waals surface area contributed by atoms with Crippen molar-refractivity contribution < 1.29 is 0 Å². The summed E-state index contributed by atoms with van der Waals surface area (Å²) in [6, 6.07) is 1.45. The van der Waals surface area contributed by atoms with Gasteiger partial charge in [0.1, 0.15) is 0 Å². The van der Waals surface area contributed by atoms with Crippen molar-refractivity contribution >= 4 is 0 Å². The van der Waals surface area contributed by atoms with Crippen LogP contribution < -0.4 is 5.32 Å². The van der Waals surface area contributed by atoms with Crippen LogP contribution in [0, 0.1) is 11.8 Å². The SMILES string of the molecule is CCC(C)N(C)CCNC1C(C)CCCC1C. The molecular weight excluding hydrogens is 208 g/mol. The van der Waals surface area contributed by atoms with Gasteiger partial charge in [-0.25, -0.2) is 0 Å². The molecule has 0 bridgehead atoms. The van der Waals surface area contributed by atoms with Crippen LogP contribution in [0.3, 0.4) is 0 Å². The van der Waals surface area contributed by atoms with E-state index in [9.17, 15) is 0 Å². The number of nitrogens with zero attached hydrogens (tertiary/aromatic N) is 1. The monoisotopic (exact) mass is 240 g/mol. The highest BCUT2D eigenvalue weighted by molar-refractivity contribution is 4.83. The molecule has 0 radical (unpaired) electrons. The topological polar surface area (TPSA) is 15.3 Å². The van der Waals surface area contributed by atoms with Gasteiger partial charge in [-0.05, 0) is 45.1 Å². The van der Waals surface area contributed by atoms with Crippen LogP contribution in [0.2, 0.25) is 0 Å². The summed E-state index contributed by atoms with van der Waals surface area (Å²) < 4.78 is 0. The molecule has 2 nitrogen and oxygen atoms in total. The van der Waals surface area contributed by atoms with Gasteiger partial charge in [-0.15, -0.1) is 0 Å². The minimum atomic E-state index is 0.706. The van der Waals surface area contributed by atoms with Crippen LogP contribution in [0.15, 0.2) is 0 Å². The van der Waals surface area contributed by atoms with Crippen LogP contribution >= 0.6 is 0 Å². The first-order chi connectivity index (χ1) is 8.06. The van der Waals surface area contributed by atoms with Crippen LogP contribution in [-0.4, -0.2) is 37.1 Å². The van der Waals surface area contributed by atoms with Crippen LogP contribution in [0.5, 0.6) is 0 Å². The van der Waals surface area contributed by atoms with Crippen molar-refractivity contribution in [1.82, 2.24) is 10.2 Å². The van der Waals surface area contributed by atoms with Gasteiger partial charge >= 0.3 is 0 Å². The Morgan fingerprint density at radius 1 is 1.24 bits per heavy atom. The van der Waals surface area contributed by atoms with E-state index in [1.54, 1.807) is 0 Å². The number of nitrogens with one attached hydrogen (secondary N) is 1. The normalized spacial score (nSPS) is 31.8. The maximum absolute atomic E-state index is 3.79. The second-order valence-electron chi connectivity index (χ2n) is 6.10. The van der Waals surface area contributed by atoms with Gasteiger partial charge in [0.2, 0.25) is 0 Å². The number of hydrogen-bond donors (Lipinski definition) is 1. The molecule has 0 saturated heterocycles. The van der Waals surface area contributed by atoms with Gasteiger partial charge in [0, 0.05) is 25.2 Å².